The first-order valence-corrected chi connectivity index (χ1v) is 8.88. The fourth-order valence-corrected chi connectivity index (χ4v) is 3.49. The number of benzene rings is 1. The first-order valence-electron chi connectivity index (χ1n) is 6.95. The second-order valence-corrected chi connectivity index (χ2v) is 7.45. The molecule has 8 heteroatoms. The van der Waals surface area contributed by atoms with Gasteiger partial charge in [0.15, 0.2) is 0 Å². The van der Waals surface area contributed by atoms with Crippen LogP contribution in [0.15, 0.2) is 28.2 Å². The number of nitrogens with two attached hydrogens (primary N) is 1. The van der Waals surface area contributed by atoms with Crippen molar-refractivity contribution in [3.8, 4) is 0 Å². The number of amides is 1. The Morgan fingerprint density at radius 1 is 1.45 bits per heavy atom. The van der Waals surface area contributed by atoms with Crippen LogP contribution in [-0.2, 0) is 10.0 Å². The van der Waals surface area contributed by atoms with Crippen molar-refractivity contribution in [2.24, 2.45) is 16.2 Å². The lowest BCUT2D eigenvalue weighted by Gasteiger charge is -2.18. The quantitative estimate of drug-likeness (QED) is 0.823. The molecule has 0 radical (unpaired) electrons. The largest absolute Gasteiger partial charge is 0.271 e. The number of sulfonamides is 1. The zero-order valence-electron chi connectivity index (χ0n) is 12.2. The molecule has 2 rings (SSSR count). The van der Waals surface area contributed by atoms with Crippen molar-refractivity contribution >= 4 is 33.2 Å². The van der Waals surface area contributed by atoms with Crippen LogP contribution in [0.25, 0.3) is 0 Å². The Hall–Kier alpha value is -1.44. The first-order chi connectivity index (χ1) is 10.3. The van der Waals surface area contributed by atoms with Crippen molar-refractivity contribution < 1.29 is 13.2 Å². The van der Waals surface area contributed by atoms with E-state index in [1.807, 2.05) is 0 Å². The third kappa shape index (κ3) is 4.28. The minimum absolute atomic E-state index is 0.0218. The number of carbonyl (C=O) groups is 1. The molecule has 1 atom stereocenters. The van der Waals surface area contributed by atoms with E-state index in [-0.39, 0.29) is 15.5 Å². The maximum atomic E-state index is 12.1. The van der Waals surface area contributed by atoms with E-state index in [1.165, 1.54) is 18.6 Å². The van der Waals surface area contributed by atoms with Crippen LogP contribution in [0.2, 0.25) is 5.02 Å². The van der Waals surface area contributed by atoms with Crippen molar-refractivity contribution in [3.05, 3.63) is 28.8 Å². The molecule has 1 fully saturated rings. The van der Waals surface area contributed by atoms with Gasteiger partial charge < -0.3 is 0 Å². The Bertz CT molecular complexity index is 716. The maximum Gasteiger partial charge on any atom is 0.271 e. The van der Waals surface area contributed by atoms with Gasteiger partial charge in [-0.05, 0) is 49.8 Å². The smallest absolute Gasteiger partial charge is 0.267 e. The minimum Gasteiger partial charge on any atom is -0.267 e. The summed E-state index contributed by atoms with van der Waals surface area (Å²) >= 11 is 5.78. The maximum absolute atomic E-state index is 12.1. The van der Waals surface area contributed by atoms with Crippen LogP contribution >= 0.6 is 11.6 Å². The summed E-state index contributed by atoms with van der Waals surface area (Å²) in [5.41, 5.74) is 3.55. The molecule has 1 amide bonds. The number of carbonyl (C=O) groups excluding carboxylic acids is 1. The highest BCUT2D eigenvalue weighted by Crippen LogP contribution is 2.22. The Balaban J connectivity index is 2.15. The molecule has 0 spiro atoms. The Labute approximate surface area is 134 Å². The normalized spacial score (nSPS) is 20.9. The number of nitrogens with zero attached hydrogens (tertiary/aromatic N) is 1. The second-order valence-electron chi connectivity index (χ2n) is 5.51. The number of hydrazone groups is 1. The van der Waals surface area contributed by atoms with Crippen molar-refractivity contribution in [3.63, 3.8) is 0 Å². The molecule has 0 aliphatic heterocycles. The van der Waals surface area contributed by atoms with Crippen LogP contribution in [-0.4, -0.2) is 20.0 Å². The highest BCUT2D eigenvalue weighted by Gasteiger charge is 2.17. The van der Waals surface area contributed by atoms with Crippen LogP contribution < -0.4 is 10.6 Å². The van der Waals surface area contributed by atoms with Gasteiger partial charge in [0.25, 0.3) is 5.91 Å². The van der Waals surface area contributed by atoms with E-state index in [2.05, 4.69) is 17.5 Å². The van der Waals surface area contributed by atoms with Gasteiger partial charge in [0, 0.05) is 11.3 Å². The topological polar surface area (TPSA) is 102 Å². The summed E-state index contributed by atoms with van der Waals surface area (Å²) in [6, 6.07) is 3.90. The average Bonchev–Trinajstić information content (AvgIpc) is 2.44. The van der Waals surface area contributed by atoms with Crippen molar-refractivity contribution in [1.82, 2.24) is 5.43 Å². The van der Waals surface area contributed by atoms with Crippen LogP contribution in [0, 0.1) is 5.92 Å². The van der Waals surface area contributed by atoms with Gasteiger partial charge >= 0.3 is 0 Å². The summed E-state index contributed by atoms with van der Waals surface area (Å²) in [5, 5.41) is 9.17. The molecule has 6 nitrogen and oxygen atoms in total. The third-order valence-electron chi connectivity index (χ3n) is 3.56. The molecule has 22 heavy (non-hydrogen) atoms. The molecule has 1 aromatic rings. The minimum atomic E-state index is -3.98. The molecule has 0 heterocycles. The summed E-state index contributed by atoms with van der Waals surface area (Å²) < 4.78 is 22.8. The van der Waals surface area contributed by atoms with Crippen LogP contribution in [0.4, 0.5) is 0 Å². The number of primary sulfonamides is 1. The second kappa shape index (κ2) is 6.76. The molecule has 1 saturated carbocycles. The number of halogens is 1. The van der Waals surface area contributed by atoms with E-state index in [0.717, 1.165) is 31.0 Å². The zero-order chi connectivity index (χ0) is 16.3. The Morgan fingerprint density at radius 2 is 2.18 bits per heavy atom. The predicted octanol–water partition coefficient (Wildman–Crippen LogP) is 2.28. The summed E-state index contributed by atoms with van der Waals surface area (Å²) in [6.45, 7) is 2.15. The summed E-state index contributed by atoms with van der Waals surface area (Å²) in [6.07, 6.45) is 3.96. The lowest BCUT2D eigenvalue weighted by atomic mass is 9.89. The summed E-state index contributed by atoms with van der Waals surface area (Å²) in [7, 11) is -3.98. The van der Waals surface area contributed by atoms with E-state index in [0.29, 0.717) is 5.92 Å². The van der Waals surface area contributed by atoms with Gasteiger partial charge in [-0.3, -0.25) is 4.79 Å². The SMILES string of the molecule is C[C@@H]1CCC/C(=N/NC(=O)c2ccc(Cl)c(S(N)(=O)=O)c2)C1. The lowest BCUT2D eigenvalue weighted by molar-refractivity contribution is 0.0954. The van der Waals surface area contributed by atoms with Crippen LogP contribution in [0.5, 0.6) is 0 Å². The van der Waals surface area contributed by atoms with Gasteiger partial charge in [0.05, 0.1) is 5.02 Å². The van der Waals surface area contributed by atoms with Crippen molar-refractivity contribution in [2.75, 3.05) is 0 Å². The predicted molar refractivity (Wildman–Crippen MR) is 85.4 cm³/mol. The van der Waals surface area contributed by atoms with E-state index in [1.54, 1.807) is 0 Å². The van der Waals surface area contributed by atoms with Crippen molar-refractivity contribution in [2.45, 2.75) is 37.5 Å². The molecule has 1 aliphatic rings. The van der Waals surface area contributed by atoms with Gasteiger partial charge in [-0.25, -0.2) is 19.0 Å². The fourth-order valence-electron chi connectivity index (χ4n) is 2.42. The molecular formula is C14H18ClN3O3S. The standard InChI is InChI=1S/C14H18ClN3O3S/c1-9-3-2-4-11(7-9)17-18-14(19)10-5-6-12(15)13(8-10)22(16,20)21/h5-6,8-9H,2-4,7H2,1H3,(H,18,19)(H2,16,20,21)/b17-11-/t9-/m1/s1. The first kappa shape index (κ1) is 16.9. The fraction of sp³-hybridized carbons (Fsp3) is 0.429. The molecule has 0 unspecified atom stereocenters. The van der Waals surface area contributed by atoms with Gasteiger partial charge in [0.1, 0.15) is 4.90 Å². The van der Waals surface area contributed by atoms with Gasteiger partial charge in [-0.1, -0.05) is 18.5 Å². The zero-order valence-corrected chi connectivity index (χ0v) is 13.7. The van der Waals surface area contributed by atoms with E-state index < -0.39 is 15.9 Å². The van der Waals surface area contributed by atoms with E-state index in [9.17, 15) is 13.2 Å². The monoisotopic (exact) mass is 343 g/mol. The van der Waals surface area contributed by atoms with Gasteiger partial charge in [-0.15, -0.1) is 0 Å². The lowest BCUT2D eigenvalue weighted by Crippen LogP contribution is -2.23. The number of hydrogen-bond acceptors (Lipinski definition) is 4. The Morgan fingerprint density at radius 3 is 2.82 bits per heavy atom. The van der Waals surface area contributed by atoms with E-state index in [4.69, 9.17) is 16.7 Å². The Kier molecular flexibility index (Phi) is 5.20. The molecule has 1 aromatic carbocycles. The highest BCUT2D eigenvalue weighted by molar-refractivity contribution is 7.89. The summed E-state index contributed by atoms with van der Waals surface area (Å²) in [5.74, 6) is 0.0706. The average molecular weight is 344 g/mol. The number of rotatable bonds is 3. The summed E-state index contributed by atoms with van der Waals surface area (Å²) in [4.78, 5) is 11.8. The molecule has 0 saturated heterocycles. The number of nitrogens with one attached hydrogen (secondary N) is 1. The van der Waals surface area contributed by atoms with Gasteiger partial charge in [-0.2, -0.15) is 5.10 Å². The van der Waals surface area contributed by atoms with Gasteiger partial charge in [0.2, 0.25) is 10.0 Å². The highest BCUT2D eigenvalue weighted by atomic mass is 35.5. The number of hydrogen-bond donors (Lipinski definition) is 2. The molecule has 0 bridgehead atoms. The molecular weight excluding hydrogens is 326 g/mol. The molecule has 0 aromatic heterocycles. The van der Waals surface area contributed by atoms with Crippen LogP contribution in [0.3, 0.4) is 0 Å². The molecule has 1 aliphatic carbocycles. The van der Waals surface area contributed by atoms with E-state index >= 15 is 0 Å². The third-order valence-corrected chi connectivity index (χ3v) is 4.95. The van der Waals surface area contributed by atoms with Crippen molar-refractivity contribution in [1.29, 1.82) is 0 Å². The molecule has 3 N–H and O–H groups in total. The molecule has 120 valence electrons. The van der Waals surface area contributed by atoms with Crippen LogP contribution in [0.1, 0.15) is 43.0 Å².